The lowest BCUT2D eigenvalue weighted by atomic mass is 10.4. The van der Waals surface area contributed by atoms with E-state index in [-0.39, 0.29) is 5.91 Å². The van der Waals surface area contributed by atoms with Gasteiger partial charge in [0.05, 0.1) is 19.2 Å². The van der Waals surface area contributed by atoms with Crippen molar-refractivity contribution in [3.8, 4) is 10.6 Å². The van der Waals surface area contributed by atoms with Crippen molar-refractivity contribution in [1.82, 2.24) is 4.98 Å². The lowest BCUT2D eigenvalue weighted by Gasteiger charge is -1.97. The molecule has 0 aliphatic rings. The minimum atomic E-state index is -0.145. The third-order valence-electron chi connectivity index (χ3n) is 2.37. The van der Waals surface area contributed by atoms with Crippen molar-refractivity contribution in [3.05, 3.63) is 42.1 Å². The molecule has 3 nitrogen and oxygen atoms in total. The summed E-state index contributed by atoms with van der Waals surface area (Å²) in [6, 6.07) is 5.79. The highest BCUT2D eigenvalue weighted by atomic mass is 79.9. The van der Waals surface area contributed by atoms with Crippen LogP contribution in [0.5, 0.6) is 0 Å². The fraction of sp³-hybridized carbons (Fsp3) is 0. The van der Waals surface area contributed by atoms with Crippen LogP contribution >= 0.6 is 65.9 Å². The maximum absolute atomic E-state index is 12.1. The van der Waals surface area contributed by atoms with Crippen molar-refractivity contribution < 1.29 is 4.79 Å². The number of halogens is 2. The molecule has 0 fully saturated rings. The minimum absolute atomic E-state index is 0.145. The van der Waals surface area contributed by atoms with Gasteiger partial charge in [-0.3, -0.25) is 10.1 Å². The molecule has 0 radical (unpaired) electrons. The first-order valence-corrected chi connectivity index (χ1v) is 9.55. The number of aromatic nitrogens is 1. The number of hydrogen-bond acceptors (Lipinski definition) is 5. The average Bonchev–Trinajstić information content (AvgIpc) is 3.11. The van der Waals surface area contributed by atoms with E-state index in [1.807, 2.05) is 22.9 Å². The molecule has 3 rings (SSSR count). The second-order valence-electron chi connectivity index (χ2n) is 3.70. The summed E-state index contributed by atoms with van der Waals surface area (Å²) >= 11 is 11.2. The highest BCUT2D eigenvalue weighted by molar-refractivity contribution is 9.13. The largest absolute Gasteiger partial charge is 0.297 e. The van der Waals surface area contributed by atoms with E-state index in [4.69, 9.17) is 0 Å². The lowest BCUT2D eigenvalue weighted by Crippen LogP contribution is -2.09. The second-order valence-corrected chi connectivity index (χ2v) is 8.73. The summed E-state index contributed by atoms with van der Waals surface area (Å²) in [5.74, 6) is -0.145. The molecule has 3 heterocycles. The van der Waals surface area contributed by atoms with Crippen molar-refractivity contribution in [1.29, 1.82) is 0 Å². The Morgan fingerprint density at radius 3 is 2.80 bits per heavy atom. The number of anilines is 1. The Morgan fingerprint density at radius 1 is 1.30 bits per heavy atom. The molecular weight excluding hydrogens is 444 g/mol. The van der Waals surface area contributed by atoms with Gasteiger partial charge in [0, 0.05) is 9.85 Å². The predicted molar refractivity (Wildman–Crippen MR) is 93.1 cm³/mol. The van der Waals surface area contributed by atoms with E-state index in [2.05, 4.69) is 42.2 Å². The third-order valence-corrected chi connectivity index (χ3v) is 7.27. The fourth-order valence-electron chi connectivity index (χ4n) is 1.49. The van der Waals surface area contributed by atoms with Gasteiger partial charge in [0.1, 0.15) is 0 Å². The van der Waals surface area contributed by atoms with E-state index in [1.54, 1.807) is 17.4 Å². The Bertz CT molecular complexity index is 729. The number of nitrogens with zero attached hydrogens (tertiary/aromatic N) is 1. The number of carbonyl (C=O) groups is 1. The van der Waals surface area contributed by atoms with Crippen LogP contribution in [0.25, 0.3) is 10.6 Å². The molecule has 3 aromatic rings. The van der Waals surface area contributed by atoms with Crippen molar-refractivity contribution >= 4 is 76.9 Å². The van der Waals surface area contributed by atoms with Gasteiger partial charge in [0.15, 0.2) is 5.13 Å². The molecule has 1 N–H and O–H groups in total. The minimum Gasteiger partial charge on any atom is -0.297 e. The zero-order valence-corrected chi connectivity index (χ0v) is 15.3. The van der Waals surface area contributed by atoms with Crippen molar-refractivity contribution in [2.45, 2.75) is 0 Å². The van der Waals surface area contributed by atoms with Crippen LogP contribution in [-0.2, 0) is 0 Å². The van der Waals surface area contributed by atoms with Crippen LogP contribution in [0.4, 0.5) is 5.13 Å². The molecule has 3 aromatic heterocycles. The van der Waals surface area contributed by atoms with E-state index in [9.17, 15) is 4.79 Å². The van der Waals surface area contributed by atoms with Gasteiger partial charge in [-0.15, -0.1) is 34.0 Å². The van der Waals surface area contributed by atoms with Crippen molar-refractivity contribution in [2.24, 2.45) is 0 Å². The molecule has 20 heavy (non-hydrogen) atoms. The standard InChI is InChI=1S/C12H6Br2N2OS3/c13-6-4-9(20-10(6)14)11(17)16-12-15-7(5-19-12)8-2-1-3-18-8/h1-5H,(H,15,16,17). The molecule has 0 saturated heterocycles. The van der Waals surface area contributed by atoms with Gasteiger partial charge in [-0.25, -0.2) is 4.98 Å². The van der Waals surface area contributed by atoms with E-state index in [0.29, 0.717) is 10.0 Å². The number of hydrogen-bond donors (Lipinski definition) is 1. The van der Waals surface area contributed by atoms with E-state index >= 15 is 0 Å². The van der Waals surface area contributed by atoms with Crippen molar-refractivity contribution in [3.63, 3.8) is 0 Å². The van der Waals surface area contributed by atoms with Gasteiger partial charge in [-0.05, 0) is 49.4 Å². The molecule has 0 unspecified atom stereocenters. The van der Waals surface area contributed by atoms with E-state index < -0.39 is 0 Å². The smallest absolute Gasteiger partial charge is 0.267 e. The Balaban J connectivity index is 1.76. The summed E-state index contributed by atoms with van der Waals surface area (Å²) in [6.07, 6.45) is 0. The van der Waals surface area contributed by atoms with Gasteiger partial charge in [-0.2, -0.15) is 0 Å². The van der Waals surface area contributed by atoms with Crippen molar-refractivity contribution in [2.75, 3.05) is 5.32 Å². The lowest BCUT2D eigenvalue weighted by molar-refractivity contribution is 0.103. The molecule has 0 bridgehead atoms. The number of thiophene rings is 2. The highest BCUT2D eigenvalue weighted by Gasteiger charge is 2.14. The summed E-state index contributed by atoms with van der Waals surface area (Å²) in [5, 5.41) is 7.39. The molecule has 0 aliphatic heterocycles. The monoisotopic (exact) mass is 448 g/mol. The van der Waals surface area contributed by atoms with Gasteiger partial charge in [0.25, 0.3) is 5.91 Å². The Labute approximate surface area is 143 Å². The maximum Gasteiger partial charge on any atom is 0.267 e. The zero-order valence-electron chi connectivity index (χ0n) is 9.72. The first-order chi connectivity index (χ1) is 9.63. The predicted octanol–water partition coefficient (Wildman–Crippen LogP) is 5.71. The Hall–Kier alpha value is -0.540. The molecular formula is C12H6Br2N2OS3. The van der Waals surface area contributed by atoms with Gasteiger partial charge in [0.2, 0.25) is 0 Å². The summed E-state index contributed by atoms with van der Waals surface area (Å²) in [7, 11) is 0. The summed E-state index contributed by atoms with van der Waals surface area (Å²) < 4.78 is 1.78. The van der Waals surface area contributed by atoms with Gasteiger partial charge >= 0.3 is 0 Å². The van der Waals surface area contributed by atoms with Crippen LogP contribution in [-0.4, -0.2) is 10.9 Å². The van der Waals surface area contributed by atoms with Crippen LogP contribution in [0.15, 0.2) is 37.2 Å². The highest BCUT2D eigenvalue weighted by Crippen LogP contribution is 2.33. The van der Waals surface area contributed by atoms with Crippen LogP contribution in [0.3, 0.4) is 0 Å². The summed E-state index contributed by atoms with van der Waals surface area (Å²) in [4.78, 5) is 18.3. The fourth-order valence-corrected chi connectivity index (χ4v) is 4.88. The Kier molecular flexibility index (Phi) is 4.37. The maximum atomic E-state index is 12.1. The van der Waals surface area contributed by atoms with Gasteiger partial charge < -0.3 is 0 Å². The average molecular weight is 450 g/mol. The summed E-state index contributed by atoms with van der Waals surface area (Å²) in [5.41, 5.74) is 0.897. The molecule has 1 amide bonds. The van der Waals surface area contributed by atoms with Crippen LogP contribution in [0.2, 0.25) is 0 Å². The third kappa shape index (κ3) is 3.04. The molecule has 8 heteroatoms. The molecule has 0 aliphatic carbocycles. The SMILES string of the molecule is O=C(Nc1nc(-c2cccs2)cs1)c1cc(Br)c(Br)s1. The first-order valence-electron chi connectivity index (χ1n) is 5.39. The molecule has 0 atom stereocenters. The normalized spacial score (nSPS) is 10.7. The van der Waals surface area contributed by atoms with Crippen LogP contribution in [0.1, 0.15) is 9.67 Å². The zero-order chi connectivity index (χ0) is 14.1. The van der Waals surface area contributed by atoms with Crippen LogP contribution < -0.4 is 5.32 Å². The topological polar surface area (TPSA) is 42.0 Å². The first kappa shape index (κ1) is 14.4. The second kappa shape index (κ2) is 6.07. The molecule has 102 valence electrons. The summed E-state index contributed by atoms with van der Waals surface area (Å²) in [6.45, 7) is 0. The van der Waals surface area contributed by atoms with Crippen LogP contribution in [0, 0.1) is 0 Å². The number of amides is 1. The quantitative estimate of drug-likeness (QED) is 0.556. The Morgan fingerprint density at radius 2 is 2.15 bits per heavy atom. The number of carbonyl (C=O) groups excluding carboxylic acids is 1. The van der Waals surface area contributed by atoms with E-state index in [0.717, 1.165) is 18.8 Å². The van der Waals surface area contributed by atoms with Gasteiger partial charge in [-0.1, -0.05) is 6.07 Å². The number of nitrogens with one attached hydrogen (secondary N) is 1. The number of thiazole rings is 1. The molecule has 0 spiro atoms. The molecule has 0 aromatic carbocycles. The van der Waals surface area contributed by atoms with E-state index in [1.165, 1.54) is 22.7 Å². The number of rotatable bonds is 3. The molecule has 0 saturated carbocycles.